The minimum absolute atomic E-state index is 0.695. The van der Waals surface area contributed by atoms with Crippen LogP contribution in [0.2, 0.25) is 0 Å². The van der Waals surface area contributed by atoms with Gasteiger partial charge in [-0.1, -0.05) is 5.92 Å². The van der Waals surface area contributed by atoms with Gasteiger partial charge in [0.2, 0.25) is 4.91 Å². The monoisotopic (exact) mass is 296 g/mol. The van der Waals surface area contributed by atoms with Gasteiger partial charge in [-0.05, 0) is 6.08 Å². The third-order valence-corrected chi connectivity index (χ3v) is 3.28. The number of nitrogens with zero attached hydrogens (tertiary/aromatic N) is 3. The Morgan fingerprint density at radius 2 is 2.38 bits per heavy atom. The molecule has 1 saturated heterocycles. The molecule has 2 aliphatic heterocycles. The highest BCUT2D eigenvalue weighted by molar-refractivity contribution is 5.77. The van der Waals surface area contributed by atoms with Gasteiger partial charge in [-0.2, -0.15) is 0 Å². The van der Waals surface area contributed by atoms with E-state index in [1.165, 1.54) is 12.3 Å². The minimum Gasteiger partial charge on any atom is -0.391 e. The first-order valence-electron chi connectivity index (χ1n) is 5.96. The van der Waals surface area contributed by atoms with E-state index in [1.807, 2.05) is 0 Å². The van der Waals surface area contributed by atoms with Gasteiger partial charge in [0.05, 0.1) is 5.92 Å². The van der Waals surface area contributed by atoms with Crippen LogP contribution in [-0.2, 0) is 4.74 Å². The Kier molecular flexibility index (Phi) is 4.04. The molecule has 0 radical (unpaired) electrons. The summed E-state index contributed by atoms with van der Waals surface area (Å²) >= 11 is 0. The van der Waals surface area contributed by atoms with Crippen LogP contribution in [0.15, 0.2) is 17.4 Å². The molecule has 2 heterocycles. The van der Waals surface area contributed by atoms with Crippen LogP contribution >= 0.6 is 0 Å². The van der Waals surface area contributed by atoms with E-state index in [-0.39, 0.29) is 0 Å². The van der Waals surface area contributed by atoms with Crippen molar-refractivity contribution in [1.29, 1.82) is 5.53 Å². The second kappa shape index (κ2) is 5.61. The van der Waals surface area contributed by atoms with Gasteiger partial charge in [-0.3, -0.25) is 4.90 Å². The summed E-state index contributed by atoms with van der Waals surface area (Å²) in [6.07, 6.45) is 4.13. The Balaban J connectivity index is 2.36. The quantitative estimate of drug-likeness (QED) is 0.233. The van der Waals surface area contributed by atoms with E-state index in [0.717, 1.165) is 4.90 Å². The molecule has 10 nitrogen and oxygen atoms in total. The van der Waals surface area contributed by atoms with E-state index >= 15 is 0 Å². The number of aliphatic hydroxyl groups is 3. The summed E-state index contributed by atoms with van der Waals surface area (Å²) < 4.78 is 5.41. The Morgan fingerprint density at radius 3 is 2.90 bits per heavy atom. The number of terminal acetylenes is 1. The second-order valence-electron chi connectivity index (χ2n) is 4.49. The molecule has 5 N–H and O–H groups in total. The summed E-state index contributed by atoms with van der Waals surface area (Å²) in [4.78, 5) is 15.6. The number of rotatable bonds is 3. The molecule has 1 fully saturated rings. The lowest BCUT2D eigenvalue weighted by molar-refractivity contribution is -0.131. The SMILES string of the molecule is C#C[C@@H]1[C@H](N2C=CC(O)NC2=O)O[C@@](CO)(N=[N+]=N)[C@H]1O. The molecule has 2 rings (SSSR count). The zero-order valence-corrected chi connectivity index (χ0v) is 10.7. The van der Waals surface area contributed by atoms with Crippen molar-refractivity contribution in [2.45, 2.75) is 24.3 Å². The number of hydrogen-bond donors (Lipinski definition) is 5. The molecular weight excluding hydrogens is 282 g/mol. The number of ether oxygens (including phenoxy) is 1. The summed E-state index contributed by atoms with van der Waals surface area (Å²) in [5.74, 6) is 1.27. The molecule has 5 atom stereocenters. The highest BCUT2D eigenvalue weighted by Crippen LogP contribution is 2.38. The van der Waals surface area contributed by atoms with Gasteiger partial charge < -0.3 is 25.4 Å². The standard InChI is InChI=1S/C11H13N5O5/c1-2-6-8(19)11(5-17,14-15-12)21-9(6)16-4-3-7(18)13-10(16)20/h1,3-4,6-9,12,17-19H,5H2/p+1/t6-,7?,8-,9+,11+/m0/s1. The molecule has 2 aliphatic rings. The largest absolute Gasteiger partial charge is 0.391 e. The van der Waals surface area contributed by atoms with E-state index in [9.17, 15) is 20.1 Å². The first-order chi connectivity index (χ1) is 9.99. The molecule has 1 unspecified atom stereocenters. The normalized spacial score (nSPS) is 38.6. The van der Waals surface area contributed by atoms with E-state index in [4.69, 9.17) is 16.7 Å². The molecule has 0 aliphatic carbocycles. The van der Waals surface area contributed by atoms with Gasteiger partial charge in [0.25, 0.3) is 5.72 Å². The fourth-order valence-electron chi connectivity index (χ4n) is 2.21. The third kappa shape index (κ3) is 2.40. The average molecular weight is 296 g/mol. The van der Waals surface area contributed by atoms with E-state index < -0.39 is 42.8 Å². The summed E-state index contributed by atoms with van der Waals surface area (Å²) in [5, 5.41) is 34.4. The van der Waals surface area contributed by atoms with Gasteiger partial charge in [-0.15, -0.1) is 6.42 Å². The van der Waals surface area contributed by atoms with Gasteiger partial charge in [0.15, 0.2) is 11.3 Å². The number of hydrogen-bond acceptors (Lipinski definition) is 7. The smallest absolute Gasteiger partial charge is 0.325 e. The first-order valence-corrected chi connectivity index (χ1v) is 5.96. The number of aliphatic hydroxyl groups excluding tert-OH is 3. The Hall–Kier alpha value is -2.28. The van der Waals surface area contributed by atoms with Gasteiger partial charge in [0, 0.05) is 6.20 Å². The van der Waals surface area contributed by atoms with Crippen molar-refractivity contribution < 1.29 is 24.9 Å². The molecule has 112 valence electrons. The Bertz CT molecular complexity index is 554. The van der Waals surface area contributed by atoms with Crippen LogP contribution < -0.4 is 10.2 Å². The van der Waals surface area contributed by atoms with Crippen molar-refractivity contribution in [1.82, 2.24) is 15.1 Å². The molecule has 0 aromatic rings. The van der Waals surface area contributed by atoms with Crippen molar-refractivity contribution in [3.8, 4) is 12.3 Å². The van der Waals surface area contributed by atoms with Crippen LogP contribution in [0.4, 0.5) is 4.79 Å². The van der Waals surface area contributed by atoms with E-state index in [1.54, 1.807) is 0 Å². The number of amides is 2. The molecule has 2 amide bonds. The fourth-order valence-corrected chi connectivity index (χ4v) is 2.21. The predicted octanol–water partition coefficient (Wildman–Crippen LogP) is -1.95. The van der Waals surface area contributed by atoms with Crippen molar-refractivity contribution >= 4 is 6.03 Å². The molecule has 0 saturated carbocycles. The van der Waals surface area contributed by atoms with Crippen molar-refractivity contribution in [2.75, 3.05) is 6.61 Å². The average Bonchev–Trinajstić information content (AvgIpc) is 2.72. The summed E-state index contributed by atoms with van der Waals surface area (Å²) in [5.41, 5.74) is 4.84. The summed E-state index contributed by atoms with van der Waals surface area (Å²) in [6.45, 7) is -0.771. The van der Waals surface area contributed by atoms with Crippen LogP contribution in [-0.4, -0.2) is 57.1 Å². The zero-order chi connectivity index (χ0) is 15.6. The Labute approximate surface area is 119 Å². The highest BCUT2D eigenvalue weighted by atomic mass is 16.6. The molecule has 0 aromatic carbocycles. The number of urea groups is 1. The number of carbonyl (C=O) groups excluding carboxylic acids is 1. The van der Waals surface area contributed by atoms with Crippen molar-refractivity contribution in [3.05, 3.63) is 12.3 Å². The van der Waals surface area contributed by atoms with Gasteiger partial charge in [0.1, 0.15) is 24.5 Å². The Morgan fingerprint density at radius 1 is 1.67 bits per heavy atom. The lowest BCUT2D eigenvalue weighted by Gasteiger charge is -2.31. The third-order valence-electron chi connectivity index (χ3n) is 3.28. The molecule has 10 heteroatoms. The van der Waals surface area contributed by atoms with Crippen molar-refractivity contribution in [3.63, 3.8) is 0 Å². The van der Waals surface area contributed by atoms with E-state index in [2.05, 4.69) is 21.3 Å². The molecule has 0 spiro atoms. The van der Waals surface area contributed by atoms with Gasteiger partial charge in [-0.25, -0.2) is 4.79 Å². The maximum absolute atomic E-state index is 11.8. The van der Waals surface area contributed by atoms with Crippen LogP contribution in [0.5, 0.6) is 0 Å². The summed E-state index contributed by atoms with van der Waals surface area (Å²) in [7, 11) is 0. The number of nitrogens with one attached hydrogen (secondary N) is 2. The van der Waals surface area contributed by atoms with Crippen molar-refractivity contribution in [2.24, 2.45) is 11.0 Å². The maximum atomic E-state index is 11.8. The molecule has 0 aromatic heterocycles. The fraction of sp³-hybridized carbons (Fsp3) is 0.545. The molecule has 0 bridgehead atoms. The van der Waals surface area contributed by atoms with Crippen LogP contribution in [0.3, 0.4) is 0 Å². The molecule has 21 heavy (non-hydrogen) atoms. The zero-order valence-electron chi connectivity index (χ0n) is 10.7. The van der Waals surface area contributed by atoms with Crippen LogP contribution in [0.1, 0.15) is 0 Å². The van der Waals surface area contributed by atoms with E-state index in [0.29, 0.717) is 0 Å². The van der Waals surface area contributed by atoms with Gasteiger partial charge >= 0.3 is 6.03 Å². The number of carbonyl (C=O) groups is 1. The van der Waals surface area contributed by atoms with Crippen LogP contribution in [0.25, 0.3) is 0 Å². The van der Waals surface area contributed by atoms with Crippen LogP contribution in [0, 0.1) is 23.8 Å². The highest BCUT2D eigenvalue weighted by Gasteiger charge is 2.60. The predicted molar refractivity (Wildman–Crippen MR) is 65.8 cm³/mol. The second-order valence-corrected chi connectivity index (χ2v) is 4.49. The maximum Gasteiger partial charge on any atom is 0.325 e. The first kappa shape index (κ1) is 15.1. The summed E-state index contributed by atoms with van der Waals surface area (Å²) in [6, 6.07) is -0.695. The lowest BCUT2D eigenvalue weighted by Crippen LogP contribution is -2.51. The molecular formula is C11H14N5O5+. The lowest BCUT2D eigenvalue weighted by atomic mass is 9.97. The minimum atomic E-state index is -1.91. The topological polar surface area (TPSA) is 153 Å².